The average molecular weight is 490 g/mol. The average Bonchev–Trinajstić information content (AvgIpc) is 3.16. The first-order valence-corrected chi connectivity index (χ1v) is 13.1. The van der Waals surface area contributed by atoms with Crippen LogP contribution in [0, 0.1) is 29.1 Å². The Morgan fingerprint density at radius 3 is 2.36 bits per heavy atom. The highest BCUT2D eigenvalue weighted by atomic mass is 16.2. The molecule has 4 fully saturated rings. The van der Waals surface area contributed by atoms with Crippen molar-refractivity contribution in [3.8, 4) is 11.8 Å². The number of nitrogens with zero attached hydrogens (tertiary/aromatic N) is 3. The molecule has 0 spiro atoms. The van der Waals surface area contributed by atoms with E-state index in [1.54, 1.807) is 4.68 Å². The fourth-order valence-corrected chi connectivity index (χ4v) is 6.95. The first-order chi connectivity index (χ1) is 17.4. The van der Waals surface area contributed by atoms with Crippen molar-refractivity contribution in [3.63, 3.8) is 0 Å². The van der Waals surface area contributed by atoms with Crippen molar-refractivity contribution in [2.24, 2.45) is 17.8 Å². The maximum atomic E-state index is 12.5. The molecular formula is C27H35N7O2. The minimum Gasteiger partial charge on any atom is -0.382 e. The van der Waals surface area contributed by atoms with Gasteiger partial charge in [-0.1, -0.05) is 18.2 Å². The number of urea groups is 1. The Balaban J connectivity index is 1.02. The molecular weight excluding hydrogens is 454 g/mol. The van der Waals surface area contributed by atoms with Crippen LogP contribution < -0.4 is 21.7 Å². The summed E-state index contributed by atoms with van der Waals surface area (Å²) in [6.07, 6.45) is 8.72. The normalized spacial score (nSPS) is 25.8. The van der Waals surface area contributed by atoms with Crippen LogP contribution in [-0.2, 0) is 11.2 Å². The van der Waals surface area contributed by atoms with Gasteiger partial charge in [0.05, 0.1) is 11.4 Å². The summed E-state index contributed by atoms with van der Waals surface area (Å²) in [6, 6.07) is 11.4. The summed E-state index contributed by atoms with van der Waals surface area (Å²) < 4.78 is 1.58. The molecule has 1 aromatic heterocycles. The third kappa shape index (κ3) is 5.18. The number of nitrogens with two attached hydrogens (primary N) is 1. The van der Waals surface area contributed by atoms with Gasteiger partial charge in [-0.15, -0.1) is 0 Å². The molecule has 36 heavy (non-hydrogen) atoms. The number of carbonyl (C=O) groups is 2. The Labute approximate surface area is 211 Å². The number of benzene rings is 1. The molecule has 6 rings (SSSR count). The van der Waals surface area contributed by atoms with E-state index >= 15 is 0 Å². The van der Waals surface area contributed by atoms with Gasteiger partial charge >= 0.3 is 6.03 Å². The quantitative estimate of drug-likeness (QED) is 0.401. The van der Waals surface area contributed by atoms with Crippen LogP contribution in [0.15, 0.2) is 30.3 Å². The lowest BCUT2D eigenvalue weighted by Crippen LogP contribution is -2.61. The highest BCUT2D eigenvalue weighted by Gasteiger charge is 2.51. The summed E-state index contributed by atoms with van der Waals surface area (Å²) in [5, 5.41) is 23.1. The van der Waals surface area contributed by atoms with Crippen LogP contribution in [0.4, 0.5) is 10.6 Å². The molecule has 0 atom stereocenters. The molecule has 0 radical (unpaired) electrons. The van der Waals surface area contributed by atoms with Crippen molar-refractivity contribution in [1.29, 1.82) is 5.26 Å². The van der Waals surface area contributed by atoms with Gasteiger partial charge in [0, 0.05) is 25.0 Å². The SMILES string of the molecule is N#Cc1c(CCCNC(=O)CCNC(=O)NC23CC4CC(CC(C4)C2)C3)nn(-c2ccccc2)c1N. The van der Waals surface area contributed by atoms with Crippen LogP contribution in [0.5, 0.6) is 0 Å². The van der Waals surface area contributed by atoms with E-state index < -0.39 is 0 Å². The number of aryl methyl sites for hydroxylation is 1. The van der Waals surface area contributed by atoms with Gasteiger partial charge in [0.25, 0.3) is 0 Å². The van der Waals surface area contributed by atoms with Gasteiger partial charge in [-0.05, 0) is 81.3 Å². The number of nitrogen functional groups attached to an aromatic ring is 1. The Morgan fingerprint density at radius 1 is 1.06 bits per heavy atom. The molecule has 5 N–H and O–H groups in total. The van der Waals surface area contributed by atoms with Gasteiger partial charge in [0.1, 0.15) is 17.5 Å². The van der Waals surface area contributed by atoms with E-state index in [0.29, 0.717) is 43.0 Å². The first-order valence-electron chi connectivity index (χ1n) is 13.1. The molecule has 4 aliphatic carbocycles. The largest absolute Gasteiger partial charge is 0.382 e. The monoisotopic (exact) mass is 489 g/mol. The zero-order valence-electron chi connectivity index (χ0n) is 20.6. The third-order valence-electron chi connectivity index (χ3n) is 8.07. The Hall–Kier alpha value is -3.54. The zero-order valence-corrected chi connectivity index (χ0v) is 20.6. The van der Waals surface area contributed by atoms with E-state index in [9.17, 15) is 14.9 Å². The number of hydrogen-bond acceptors (Lipinski definition) is 5. The molecule has 2 aromatic rings. The number of rotatable bonds is 9. The van der Waals surface area contributed by atoms with Crippen molar-refractivity contribution in [2.75, 3.05) is 18.8 Å². The number of hydrogen-bond donors (Lipinski definition) is 4. The van der Waals surface area contributed by atoms with Crippen LogP contribution in [0.1, 0.15) is 62.6 Å². The van der Waals surface area contributed by atoms with E-state index in [0.717, 1.165) is 42.7 Å². The van der Waals surface area contributed by atoms with E-state index in [1.807, 2.05) is 30.3 Å². The molecule has 0 saturated heterocycles. The lowest BCUT2D eigenvalue weighted by molar-refractivity contribution is -0.120. The second-order valence-corrected chi connectivity index (χ2v) is 10.8. The number of carbonyl (C=O) groups excluding carboxylic acids is 2. The van der Waals surface area contributed by atoms with Gasteiger partial charge in [-0.25, -0.2) is 9.48 Å². The van der Waals surface area contributed by atoms with E-state index in [1.165, 1.54) is 19.3 Å². The molecule has 9 nitrogen and oxygen atoms in total. The summed E-state index contributed by atoms with van der Waals surface area (Å²) in [7, 11) is 0. The van der Waals surface area contributed by atoms with Crippen LogP contribution >= 0.6 is 0 Å². The molecule has 4 aliphatic rings. The van der Waals surface area contributed by atoms with Gasteiger partial charge < -0.3 is 21.7 Å². The summed E-state index contributed by atoms with van der Waals surface area (Å²) in [5.74, 6) is 2.53. The Kier molecular flexibility index (Phi) is 6.86. The second kappa shape index (κ2) is 10.2. The van der Waals surface area contributed by atoms with Gasteiger partial charge in [-0.3, -0.25) is 4.79 Å². The Morgan fingerprint density at radius 2 is 1.72 bits per heavy atom. The second-order valence-electron chi connectivity index (χ2n) is 10.8. The molecule has 0 unspecified atom stereocenters. The summed E-state index contributed by atoms with van der Waals surface area (Å²) in [4.78, 5) is 24.8. The summed E-state index contributed by atoms with van der Waals surface area (Å²) in [5.41, 5.74) is 7.91. The summed E-state index contributed by atoms with van der Waals surface area (Å²) in [6.45, 7) is 0.766. The van der Waals surface area contributed by atoms with Gasteiger partial charge in [0.2, 0.25) is 5.91 Å². The van der Waals surface area contributed by atoms with Crippen molar-refractivity contribution in [1.82, 2.24) is 25.7 Å². The number of para-hydroxylation sites is 1. The molecule has 3 amide bonds. The summed E-state index contributed by atoms with van der Waals surface area (Å²) >= 11 is 0. The minimum absolute atomic E-state index is 0.0275. The van der Waals surface area contributed by atoms with Crippen LogP contribution in [0.2, 0.25) is 0 Å². The van der Waals surface area contributed by atoms with E-state index in [2.05, 4.69) is 27.1 Å². The predicted molar refractivity (Wildman–Crippen MR) is 136 cm³/mol. The maximum Gasteiger partial charge on any atom is 0.315 e. The fourth-order valence-electron chi connectivity index (χ4n) is 6.95. The molecule has 4 bridgehead atoms. The van der Waals surface area contributed by atoms with Crippen molar-refractivity contribution < 1.29 is 9.59 Å². The lowest BCUT2D eigenvalue weighted by atomic mass is 9.53. The maximum absolute atomic E-state index is 12.5. The van der Waals surface area contributed by atoms with Gasteiger partial charge in [0.15, 0.2) is 0 Å². The van der Waals surface area contributed by atoms with Crippen LogP contribution in [0.3, 0.4) is 0 Å². The Bertz CT molecular complexity index is 1120. The van der Waals surface area contributed by atoms with Gasteiger partial charge in [-0.2, -0.15) is 10.4 Å². The number of anilines is 1. The number of aromatic nitrogens is 2. The molecule has 9 heteroatoms. The standard InChI is InChI=1S/C27H35N7O2/c28-17-22-23(33-34(25(22)29)21-5-2-1-3-6-21)7-4-9-30-24(35)8-10-31-26(36)32-27-14-18-11-19(15-27)13-20(12-18)16-27/h1-3,5-6,18-20H,4,7-16,29H2,(H,30,35)(H2,31,32,36). The fraction of sp³-hybridized carbons (Fsp3) is 0.556. The smallest absolute Gasteiger partial charge is 0.315 e. The van der Waals surface area contributed by atoms with Crippen LogP contribution in [0.25, 0.3) is 5.69 Å². The highest BCUT2D eigenvalue weighted by Crippen LogP contribution is 2.55. The minimum atomic E-state index is -0.152. The van der Waals surface area contributed by atoms with E-state index in [-0.39, 0.29) is 23.9 Å². The van der Waals surface area contributed by atoms with Crippen molar-refractivity contribution >= 4 is 17.8 Å². The molecule has 4 saturated carbocycles. The molecule has 190 valence electrons. The topological polar surface area (TPSA) is 138 Å². The first kappa shape index (κ1) is 24.2. The van der Waals surface area contributed by atoms with Crippen molar-refractivity contribution in [2.45, 2.75) is 63.3 Å². The molecule has 1 aromatic carbocycles. The van der Waals surface area contributed by atoms with E-state index in [4.69, 9.17) is 5.73 Å². The highest BCUT2D eigenvalue weighted by molar-refractivity contribution is 5.78. The third-order valence-corrected chi connectivity index (χ3v) is 8.07. The number of nitriles is 1. The molecule has 0 aliphatic heterocycles. The lowest BCUT2D eigenvalue weighted by Gasteiger charge is -2.56. The predicted octanol–water partition coefficient (Wildman–Crippen LogP) is 3.03. The number of nitrogens with one attached hydrogen (secondary N) is 3. The number of amides is 3. The van der Waals surface area contributed by atoms with Crippen molar-refractivity contribution in [3.05, 3.63) is 41.6 Å². The molecule has 1 heterocycles. The van der Waals surface area contributed by atoms with Crippen LogP contribution in [-0.4, -0.2) is 40.3 Å². The zero-order chi connectivity index (χ0) is 25.1.